The van der Waals surface area contributed by atoms with Gasteiger partial charge in [0, 0.05) is 15.6 Å². The van der Waals surface area contributed by atoms with Gasteiger partial charge in [-0.2, -0.15) is 0 Å². The van der Waals surface area contributed by atoms with E-state index in [2.05, 4.69) is 0 Å². The van der Waals surface area contributed by atoms with Crippen LogP contribution in [0.1, 0.15) is 28.4 Å². The van der Waals surface area contributed by atoms with Crippen molar-refractivity contribution in [1.82, 2.24) is 0 Å². The van der Waals surface area contributed by atoms with Crippen LogP contribution in [0.2, 0.25) is 10.0 Å². The van der Waals surface area contributed by atoms with Gasteiger partial charge >= 0.3 is 0 Å². The number of aliphatic hydroxyl groups is 1. The predicted molar refractivity (Wildman–Crippen MR) is 76.4 cm³/mol. The molecule has 0 fully saturated rings. The molecule has 2 aromatic rings. The molecule has 2 aromatic carbocycles. The smallest absolute Gasteiger partial charge is 0.106 e. The summed E-state index contributed by atoms with van der Waals surface area (Å²) in [5, 5.41) is 11.6. The third kappa shape index (κ3) is 2.69. The van der Waals surface area contributed by atoms with Gasteiger partial charge in [-0.3, -0.25) is 0 Å². The molecule has 0 aliphatic rings. The summed E-state index contributed by atoms with van der Waals surface area (Å²) in [5.41, 5.74) is 3.50. The van der Waals surface area contributed by atoms with Gasteiger partial charge in [0.05, 0.1) is 0 Å². The molecule has 2 rings (SSSR count). The van der Waals surface area contributed by atoms with Crippen LogP contribution in [0.5, 0.6) is 0 Å². The highest BCUT2D eigenvalue weighted by molar-refractivity contribution is 6.32. The van der Waals surface area contributed by atoms with Gasteiger partial charge in [-0.25, -0.2) is 0 Å². The molecule has 0 amide bonds. The van der Waals surface area contributed by atoms with Crippen molar-refractivity contribution in [1.29, 1.82) is 0 Å². The second-order valence-corrected chi connectivity index (χ2v) is 5.25. The number of rotatable bonds is 2. The highest BCUT2D eigenvalue weighted by Gasteiger charge is 2.14. The highest BCUT2D eigenvalue weighted by atomic mass is 35.5. The largest absolute Gasteiger partial charge is 0.384 e. The van der Waals surface area contributed by atoms with E-state index in [9.17, 15) is 5.11 Å². The van der Waals surface area contributed by atoms with Crippen LogP contribution in [0.15, 0.2) is 36.4 Å². The van der Waals surface area contributed by atoms with E-state index in [4.69, 9.17) is 23.2 Å². The van der Waals surface area contributed by atoms with Crippen molar-refractivity contribution in [2.24, 2.45) is 0 Å². The molecule has 0 aromatic heterocycles. The Morgan fingerprint density at radius 1 is 0.944 bits per heavy atom. The van der Waals surface area contributed by atoms with E-state index in [1.54, 1.807) is 6.07 Å². The third-order valence-corrected chi connectivity index (χ3v) is 3.70. The number of hydrogen-bond donors (Lipinski definition) is 1. The average Bonchev–Trinajstić information content (AvgIpc) is 2.32. The van der Waals surface area contributed by atoms with Gasteiger partial charge in [-0.05, 0) is 42.7 Å². The Morgan fingerprint density at radius 3 is 2.28 bits per heavy atom. The molecule has 1 nitrogen and oxygen atoms in total. The zero-order valence-corrected chi connectivity index (χ0v) is 11.8. The van der Waals surface area contributed by atoms with Gasteiger partial charge < -0.3 is 5.11 Å². The number of hydrogen-bond acceptors (Lipinski definition) is 1. The van der Waals surface area contributed by atoms with Gasteiger partial charge in [0.15, 0.2) is 0 Å². The van der Waals surface area contributed by atoms with E-state index < -0.39 is 6.10 Å². The summed E-state index contributed by atoms with van der Waals surface area (Å²) in [6.45, 7) is 3.89. The number of aryl methyl sites for hydroxylation is 2. The molecule has 18 heavy (non-hydrogen) atoms. The minimum absolute atomic E-state index is 0.569. The van der Waals surface area contributed by atoms with Crippen molar-refractivity contribution in [3.05, 3.63) is 68.7 Å². The van der Waals surface area contributed by atoms with Crippen molar-refractivity contribution in [3.8, 4) is 0 Å². The molecule has 0 aliphatic heterocycles. The van der Waals surface area contributed by atoms with Gasteiger partial charge in [-0.1, -0.05) is 47.5 Å². The molecule has 1 N–H and O–H groups in total. The monoisotopic (exact) mass is 280 g/mol. The second kappa shape index (κ2) is 5.31. The van der Waals surface area contributed by atoms with Crippen molar-refractivity contribution in [3.63, 3.8) is 0 Å². The van der Waals surface area contributed by atoms with Gasteiger partial charge in [0.2, 0.25) is 0 Å². The van der Waals surface area contributed by atoms with Crippen LogP contribution in [-0.2, 0) is 0 Å². The fourth-order valence-electron chi connectivity index (χ4n) is 1.81. The quantitative estimate of drug-likeness (QED) is 0.846. The van der Waals surface area contributed by atoms with Crippen molar-refractivity contribution in [2.45, 2.75) is 20.0 Å². The van der Waals surface area contributed by atoms with Crippen molar-refractivity contribution >= 4 is 23.2 Å². The Labute approximate surface area is 117 Å². The van der Waals surface area contributed by atoms with Crippen LogP contribution in [0.3, 0.4) is 0 Å². The third-order valence-electron chi connectivity index (χ3n) is 2.96. The summed E-state index contributed by atoms with van der Waals surface area (Å²) in [6, 6.07) is 11.1. The second-order valence-electron chi connectivity index (χ2n) is 4.44. The van der Waals surface area contributed by atoms with Crippen LogP contribution >= 0.6 is 23.2 Å². The molecule has 0 radical (unpaired) electrons. The lowest BCUT2D eigenvalue weighted by Gasteiger charge is -2.14. The Hall–Kier alpha value is -1.02. The summed E-state index contributed by atoms with van der Waals surface area (Å²) >= 11 is 12.2. The first kappa shape index (κ1) is 13.4. The van der Waals surface area contributed by atoms with Crippen LogP contribution in [-0.4, -0.2) is 5.11 Å². The van der Waals surface area contributed by atoms with Gasteiger partial charge in [-0.15, -0.1) is 0 Å². The molecular formula is C15H14Cl2O. The zero-order chi connectivity index (χ0) is 13.3. The van der Waals surface area contributed by atoms with Crippen LogP contribution in [0.4, 0.5) is 0 Å². The van der Waals surface area contributed by atoms with Gasteiger partial charge in [0.1, 0.15) is 6.10 Å². The van der Waals surface area contributed by atoms with Crippen LogP contribution < -0.4 is 0 Å². The molecule has 0 heterocycles. The molecule has 3 heteroatoms. The number of benzene rings is 2. The topological polar surface area (TPSA) is 20.2 Å². The van der Waals surface area contributed by atoms with E-state index in [1.807, 2.05) is 44.2 Å². The number of aliphatic hydroxyl groups excluding tert-OH is 1. The van der Waals surface area contributed by atoms with Crippen molar-refractivity contribution in [2.75, 3.05) is 0 Å². The Morgan fingerprint density at radius 2 is 1.67 bits per heavy atom. The summed E-state index contributed by atoms with van der Waals surface area (Å²) in [6.07, 6.45) is -0.754. The lowest BCUT2D eigenvalue weighted by Crippen LogP contribution is -2.01. The van der Waals surface area contributed by atoms with E-state index in [0.29, 0.717) is 15.6 Å². The summed E-state index contributed by atoms with van der Waals surface area (Å²) in [5.74, 6) is 0. The Balaban J connectivity index is 2.41. The minimum Gasteiger partial charge on any atom is -0.384 e. The Bertz CT molecular complexity index is 579. The average molecular weight is 281 g/mol. The minimum atomic E-state index is -0.754. The molecule has 0 saturated heterocycles. The number of halogens is 2. The van der Waals surface area contributed by atoms with E-state index in [0.717, 1.165) is 16.7 Å². The molecule has 1 atom stereocenters. The standard InChI is InChI=1S/C15H14Cl2O/c1-9-3-6-12(14(17)7-9)15(18)11-5-4-10(2)13(16)8-11/h3-8,15,18H,1-2H3. The summed E-state index contributed by atoms with van der Waals surface area (Å²) < 4.78 is 0. The molecule has 94 valence electrons. The van der Waals surface area contributed by atoms with Crippen LogP contribution in [0, 0.1) is 13.8 Å². The predicted octanol–water partition coefficient (Wildman–Crippen LogP) is 4.69. The molecular weight excluding hydrogens is 267 g/mol. The molecule has 0 aliphatic carbocycles. The Kier molecular flexibility index (Phi) is 3.96. The lowest BCUT2D eigenvalue weighted by atomic mass is 9.99. The molecule has 0 bridgehead atoms. The highest BCUT2D eigenvalue weighted by Crippen LogP contribution is 2.30. The first-order chi connectivity index (χ1) is 8.49. The van der Waals surface area contributed by atoms with Crippen molar-refractivity contribution < 1.29 is 5.11 Å². The lowest BCUT2D eigenvalue weighted by molar-refractivity contribution is 0.220. The molecule has 0 spiro atoms. The van der Waals surface area contributed by atoms with Crippen LogP contribution in [0.25, 0.3) is 0 Å². The fourth-order valence-corrected chi connectivity index (χ4v) is 2.34. The SMILES string of the molecule is Cc1ccc(C(O)c2ccc(C)c(Cl)c2)c(Cl)c1. The maximum absolute atomic E-state index is 10.3. The summed E-state index contributed by atoms with van der Waals surface area (Å²) in [7, 11) is 0. The van der Waals surface area contributed by atoms with E-state index in [1.165, 1.54) is 0 Å². The van der Waals surface area contributed by atoms with E-state index in [-0.39, 0.29) is 0 Å². The van der Waals surface area contributed by atoms with Gasteiger partial charge in [0.25, 0.3) is 0 Å². The summed E-state index contributed by atoms with van der Waals surface area (Å²) in [4.78, 5) is 0. The van der Waals surface area contributed by atoms with E-state index >= 15 is 0 Å². The molecule has 1 unspecified atom stereocenters. The maximum atomic E-state index is 10.3. The normalized spacial score (nSPS) is 12.5. The maximum Gasteiger partial charge on any atom is 0.106 e. The molecule has 0 saturated carbocycles. The fraction of sp³-hybridized carbons (Fsp3) is 0.200. The zero-order valence-electron chi connectivity index (χ0n) is 10.2. The first-order valence-electron chi connectivity index (χ1n) is 5.69. The first-order valence-corrected chi connectivity index (χ1v) is 6.45.